The lowest BCUT2D eigenvalue weighted by Crippen LogP contribution is -2.16. The molecule has 0 aromatic heterocycles. The third-order valence-electron chi connectivity index (χ3n) is 2.94. The van der Waals surface area contributed by atoms with Crippen LogP contribution in [-0.4, -0.2) is 22.1 Å². The molecule has 3 N–H and O–H groups in total. The molecule has 0 heterocycles. The van der Waals surface area contributed by atoms with Crippen molar-refractivity contribution in [3.05, 3.63) is 23.8 Å². The van der Waals surface area contributed by atoms with Crippen LogP contribution in [0.25, 0.3) is 0 Å². The molecule has 0 spiro atoms. The highest BCUT2D eigenvalue weighted by Crippen LogP contribution is 2.38. The van der Waals surface area contributed by atoms with Crippen molar-refractivity contribution in [2.24, 2.45) is 11.8 Å². The molecule has 17 heavy (non-hydrogen) atoms. The number of phenolic OH excluding ortho intramolecular Hbond substituents is 1. The van der Waals surface area contributed by atoms with Crippen molar-refractivity contribution in [1.82, 2.24) is 0 Å². The first-order chi connectivity index (χ1) is 7.99. The molecule has 5 heteroatoms. The SMILES string of the molecule is CC1CC1C(=O)Nc1ccc(O)cc1C(=O)O. The second-order valence-corrected chi connectivity index (χ2v) is 4.34. The number of carboxylic acid groups (broad SMARTS) is 1. The zero-order valence-electron chi connectivity index (χ0n) is 9.30. The van der Waals surface area contributed by atoms with Crippen LogP contribution in [0, 0.1) is 11.8 Å². The summed E-state index contributed by atoms with van der Waals surface area (Å²) in [6, 6.07) is 3.86. The quantitative estimate of drug-likeness (QED) is 0.696. The summed E-state index contributed by atoms with van der Waals surface area (Å²) < 4.78 is 0. The number of anilines is 1. The van der Waals surface area contributed by atoms with Crippen LogP contribution in [0.5, 0.6) is 5.75 Å². The van der Waals surface area contributed by atoms with Crippen LogP contribution in [-0.2, 0) is 4.79 Å². The van der Waals surface area contributed by atoms with Crippen molar-refractivity contribution in [3.63, 3.8) is 0 Å². The third kappa shape index (κ3) is 2.38. The van der Waals surface area contributed by atoms with Gasteiger partial charge in [-0.3, -0.25) is 4.79 Å². The van der Waals surface area contributed by atoms with Gasteiger partial charge < -0.3 is 15.5 Å². The van der Waals surface area contributed by atoms with Crippen LogP contribution < -0.4 is 5.32 Å². The molecule has 5 nitrogen and oxygen atoms in total. The fourth-order valence-corrected chi connectivity index (χ4v) is 1.73. The van der Waals surface area contributed by atoms with Crippen LogP contribution in [0.2, 0.25) is 0 Å². The Morgan fingerprint density at radius 3 is 2.59 bits per heavy atom. The topological polar surface area (TPSA) is 86.6 Å². The normalized spacial score (nSPS) is 21.9. The van der Waals surface area contributed by atoms with E-state index in [9.17, 15) is 14.7 Å². The lowest BCUT2D eigenvalue weighted by Gasteiger charge is -2.08. The van der Waals surface area contributed by atoms with E-state index in [4.69, 9.17) is 5.11 Å². The van der Waals surface area contributed by atoms with Gasteiger partial charge in [-0.15, -0.1) is 0 Å². The summed E-state index contributed by atoms with van der Waals surface area (Å²) in [6.07, 6.45) is 0.840. The average molecular weight is 235 g/mol. The number of aromatic carboxylic acids is 1. The van der Waals surface area contributed by atoms with Crippen LogP contribution in [0.3, 0.4) is 0 Å². The number of phenols is 1. The van der Waals surface area contributed by atoms with E-state index >= 15 is 0 Å². The molecule has 0 radical (unpaired) electrons. The van der Waals surface area contributed by atoms with E-state index in [1.54, 1.807) is 0 Å². The number of aromatic hydroxyl groups is 1. The summed E-state index contributed by atoms with van der Waals surface area (Å²) >= 11 is 0. The van der Waals surface area contributed by atoms with Crippen LogP contribution in [0.4, 0.5) is 5.69 Å². The zero-order chi connectivity index (χ0) is 12.6. The molecular formula is C12H13NO4. The third-order valence-corrected chi connectivity index (χ3v) is 2.94. The van der Waals surface area contributed by atoms with Crippen molar-refractivity contribution in [2.45, 2.75) is 13.3 Å². The lowest BCUT2D eigenvalue weighted by atomic mass is 10.1. The maximum absolute atomic E-state index is 11.7. The van der Waals surface area contributed by atoms with Crippen LogP contribution in [0.1, 0.15) is 23.7 Å². The Kier molecular flexibility index (Phi) is 2.75. The van der Waals surface area contributed by atoms with Gasteiger partial charge in [0.2, 0.25) is 5.91 Å². The Morgan fingerprint density at radius 2 is 2.06 bits per heavy atom. The van der Waals surface area contributed by atoms with Gasteiger partial charge in [0.05, 0.1) is 11.3 Å². The minimum absolute atomic E-state index is 0.0227. The van der Waals surface area contributed by atoms with E-state index in [1.807, 2.05) is 6.92 Å². The van der Waals surface area contributed by atoms with Gasteiger partial charge in [0, 0.05) is 5.92 Å². The predicted octanol–water partition coefficient (Wildman–Crippen LogP) is 1.68. The van der Waals surface area contributed by atoms with Gasteiger partial charge in [-0.2, -0.15) is 0 Å². The Hall–Kier alpha value is -2.04. The number of rotatable bonds is 3. The summed E-state index contributed by atoms with van der Waals surface area (Å²) in [6.45, 7) is 1.97. The number of benzene rings is 1. The number of carbonyl (C=O) groups is 2. The van der Waals surface area contributed by atoms with E-state index < -0.39 is 5.97 Å². The minimum atomic E-state index is -1.18. The summed E-state index contributed by atoms with van der Waals surface area (Å²) in [4.78, 5) is 22.6. The molecule has 90 valence electrons. The highest BCUT2D eigenvalue weighted by Gasteiger charge is 2.39. The molecule has 1 aliphatic rings. The van der Waals surface area contributed by atoms with E-state index in [0.29, 0.717) is 5.92 Å². The van der Waals surface area contributed by atoms with Crippen molar-refractivity contribution in [1.29, 1.82) is 0 Å². The van der Waals surface area contributed by atoms with Gasteiger partial charge in [-0.05, 0) is 30.5 Å². The van der Waals surface area contributed by atoms with Gasteiger partial charge in [0.25, 0.3) is 0 Å². The van der Waals surface area contributed by atoms with Crippen molar-refractivity contribution in [2.75, 3.05) is 5.32 Å². The molecule has 1 aliphatic carbocycles. The molecular weight excluding hydrogens is 222 g/mol. The fourth-order valence-electron chi connectivity index (χ4n) is 1.73. The van der Waals surface area contributed by atoms with Gasteiger partial charge in [0.15, 0.2) is 0 Å². The number of carboxylic acids is 1. The number of hydrogen-bond acceptors (Lipinski definition) is 3. The molecule has 1 amide bonds. The molecule has 0 aliphatic heterocycles. The van der Waals surface area contributed by atoms with Crippen molar-refractivity contribution < 1.29 is 19.8 Å². The molecule has 1 aromatic rings. The summed E-state index contributed by atoms with van der Waals surface area (Å²) in [5.41, 5.74) is 0.117. The van der Waals surface area contributed by atoms with E-state index in [1.165, 1.54) is 12.1 Å². The van der Waals surface area contributed by atoms with Gasteiger partial charge >= 0.3 is 5.97 Å². The summed E-state index contributed by atoms with van der Waals surface area (Å²) in [5, 5.41) is 20.7. The smallest absolute Gasteiger partial charge is 0.337 e. The lowest BCUT2D eigenvalue weighted by molar-refractivity contribution is -0.117. The Morgan fingerprint density at radius 1 is 1.41 bits per heavy atom. The standard InChI is InChI=1S/C12H13NO4/c1-6-4-8(6)11(15)13-10-3-2-7(14)5-9(10)12(16)17/h2-3,5-6,8,14H,4H2,1H3,(H,13,15)(H,16,17). The maximum Gasteiger partial charge on any atom is 0.337 e. The number of nitrogens with one attached hydrogen (secondary N) is 1. The van der Waals surface area contributed by atoms with Crippen molar-refractivity contribution in [3.8, 4) is 5.75 Å². The largest absolute Gasteiger partial charge is 0.508 e. The molecule has 0 saturated heterocycles. The average Bonchev–Trinajstić information content (AvgIpc) is 2.98. The van der Waals surface area contributed by atoms with E-state index in [0.717, 1.165) is 12.5 Å². The highest BCUT2D eigenvalue weighted by atomic mass is 16.4. The first-order valence-corrected chi connectivity index (χ1v) is 5.36. The van der Waals surface area contributed by atoms with Gasteiger partial charge in [-0.25, -0.2) is 4.79 Å². The Labute approximate surface area is 98.1 Å². The number of amides is 1. The molecule has 1 aromatic carbocycles. The Bertz CT molecular complexity index is 483. The first kappa shape index (κ1) is 11.4. The predicted molar refractivity (Wildman–Crippen MR) is 61.0 cm³/mol. The van der Waals surface area contributed by atoms with E-state index in [2.05, 4.69) is 5.32 Å². The Balaban J connectivity index is 2.20. The molecule has 2 unspecified atom stereocenters. The van der Waals surface area contributed by atoms with Crippen molar-refractivity contribution >= 4 is 17.6 Å². The molecule has 0 bridgehead atoms. The zero-order valence-corrected chi connectivity index (χ0v) is 9.30. The molecule has 1 saturated carbocycles. The van der Waals surface area contributed by atoms with E-state index in [-0.39, 0.29) is 28.8 Å². The van der Waals surface area contributed by atoms with Crippen LogP contribution in [0.15, 0.2) is 18.2 Å². The maximum atomic E-state index is 11.7. The molecule has 1 fully saturated rings. The van der Waals surface area contributed by atoms with Crippen LogP contribution >= 0.6 is 0 Å². The van der Waals surface area contributed by atoms with Gasteiger partial charge in [0.1, 0.15) is 5.75 Å². The second-order valence-electron chi connectivity index (χ2n) is 4.34. The highest BCUT2D eigenvalue weighted by molar-refractivity contribution is 6.02. The number of carbonyl (C=O) groups excluding carboxylic acids is 1. The number of hydrogen-bond donors (Lipinski definition) is 3. The summed E-state index contributed by atoms with van der Waals surface area (Å²) in [5.74, 6) is -1.14. The second kappa shape index (κ2) is 4.08. The summed E-state index contributed by atoms with van der Waals surface area (Å²) in [7, 11) is 0. The molecule has 2 atom stereocenters. The first-order valence-electron chi connectivity index (χ1n) is 5.36. The minimum Gasteiger partial charge on any atom is -0.508 e. The monoisotopic (exact) mass is 235 g/mol. The van der Waals surface area contributed by atoms with Gasteiger partial charge in [-0.1, -0.05) is 6.92 Å². The molecule has 2 rings (SSSR count). The fraction of sp³-hybridized carbons (Fsp3) is 0.333.